The van der Waals surface area contributed by atoms with Crippen molar-refractivity contribution < 1.29 is 27.9 Å². The van der Waals surface area contributed by atoms with Crippen LogP contribution in [0, 0.1) is 13.8 Å². The topological polar surface area (TPSA) is 66.4 Å². The minimum Gasteiger partial charge on any atom is -0.478 e. The summed E-state index contributed by atoms with van der Waals surface area (Å²) in [7, 11) is 0. The van der Waals surface area contributed by atoms with Crippen LogP contribution in [0.4, 0.5) is 13.2 Å². The minimum absolute atomic E-state index is 0.0975. The van der Waals surface area contributed by atoms with Crippen LogP contribution in [0.1, 0.15) is 38.3 Å². The molecule has 0 saturated heterocycles. The van der Waals surface area contributed by atoms with Crippen molar-refractivity contribution in [3.8, 4) is 0 Å². The third kappa shape index (κ3) is 3.97. The molecule has 0 atom stereocenters. The molecule has 0 heterocycles. The normalized spacial score (nSPS) is 11.2. The number of aromatic carboxylic acids is 1. The van der Waals surface area contributed by atoms with Crippen LogP contribution in [-0.4, -0.2) is 29.7 Å². The molecule has 0 bridgehead atoms. The van der Waals surface area contributed by atoms with Crippen molar-refractivity contribution in [2.75, 3.05) is 6.54 Å². The van der Waals surface area contributed by atoms with Gasteiger partial charge in [0.25, 0.3) is 5.91 Å². The van der Waals surface area contributed by atoms with Crippen LogP contribution in [0.2, 0.25) is 0 Å². The summed E-state index contributed by atoms with van der Waals surface area (Å²) < 4.78 is 36.0. The van der Waals surface area contributed by atoms with Crippen molar-refractivity contribution in [2.24, 2.45) is 0 Å². The smallest absolute Gasteiger partial charge is 0.390 e. The van der Waals surface area contributed by atoms with Gasteiger partial charge in [-0.15, -0.1) is 0 Å². The number of amides is 1. The van der Waals surface area contributed by atoms with Gasteiger partial charge in [-0.3, -0.25) is 4.79 Å². The van der Waals surface area contributed by atoms with Gasteiger partial charge >= 0.3 is 12.1 Å². The summed E-state index contributed by atoms with van der Waals surface area (Å²) in [5.41, 5.74) is 0.496. The lowest BCUT2D eigenvalue weighted by molar-refractivity contribution is -0.133. The maximum absolute atomic E-state index is 12.0. The highest BCUT2D eigenvalue weighted by molar-refractivity contribution is 6.06. The van der Waals surface area contributed by atoms with E-state index in [0.717, 1.165) is 0 Å². The quantitative estimate of drug-likeness (QED) is 0.895. The molecule has 1 rings (SSSR count). The molecule has 1 amide bonds. The van der Waals surface area contributed by atoms with E-state index in [-0.39, 0.29) is 11.1 Å². The van der Waals surface area contributed by atoms with Crippen LogP contribution >= 0.6 is 0 Å². The zero-order chi connectivity index (χ0) is 15.5. The van der Waals surface area contributed by atoms with Crippen molar-refractivity contribution in [3.05, 3.63) is 34.4 Å². The first-order valence-corrected chi connectivity index (χ1v) is 5.82. The summed E-state index contributed by atoms with van der Waals surface area (Å²) in [4.78, 5) is 23.1. The van der Waals surface area contributed by atoms with Crippen molar-refractivity contribution in [1.29, 1.82) is 0 Å². The SMILES string of the molecule is Cc1ccc(C)c(C(=O)NCCC(F)(F)F)c1C(=O)O. The number of halogens is 3. The lowest BCUT2D eigenvalue weighted by Crippen LogP contribution is -2.30. The molecule has 110 valence electrons. The Morgan fingerprint density at radius 1 is 1.15 bits per heavy atom. The molecule has 0 aliphatic rings. The number of hydrogen-bond donors (Lipinski definition) is 2. The first kappa shape index (κ1) is 16.0. The molecule has 4 nitrogen and oxygen atoms in total. The fraction of sp³-hybridized carbons (Fsp3) is 0.385. The van der Waals surface area contributed by atoms with Crippen molar-refractivity contribution >= 4 is 11.9 Å². The third-order valence-corrected chi connectivity index (χ3v) is 2.76. The molecule has 0 aliphatic carbocycles. The lowest BCUT2D eigenvalue weighted by atomic mass is 9.96. The van der Waals surface area contributed by atoms with Crippen molar-refractivity contribution in [1.82, 2.24) is 5.32 Å². The van der Waals surface area contributed by atoms with E-state index >= 15 is 0 Å². The summed E-state index contributed by atoms with van der Waals surface area (Å²) in [5.74, 6) is -2.10. The van der Waals surface area contributed by atoms with E-state index in [9.17, 15) is 22.8 Å². The number of carbonyl (C=O) groups excluding carboxylic acids is 1. The van der Waals surface area contributed by atoms with Crippen LogP contribution in [-0.2, 0) is 0 Å². The fourth-order valence-corrected chi connectivity index (χ4v) is 1.79. The number of carboxylic acid groups (broad SMARTS) is 1. The van der Waals surface area contributed by atoms with E-state index in [1.165, 1.54) is 13.8 Å². The minimum atomic E-state index is -4.37. The Kier molecular flexibility index (Phi) is 4.75. The van der Waals surface area contributed by atoms with Gasteiger partial charge < -0.3 is 10.4 Å². The molecule has 0 spiro atoms. The highest BCUT2D eigenvalue weighted by Gasteiger charge is 2.27. The van der Waals surface area contributed by atoms with Crippen LogP contribution < -0.4 is 5.32 Å². The summed E-state index contributed by atoms with van der Waals surface area (Å²) in [5, 5.41) is 11.2. The van der Waals surface area contributed by atoms with Gasteiger partial charge in [-0.25, -0.2) is 4.79 Å². The molecule has 0 saturated carbocycles. The highest BCUT2D eigenvalue weighted by Crippen LogP contribution is 2.20. The standard InChI is InChI=1S/C13H14F3NO3/c1-7-3-4-8(2)10(12(19)20)9(7)11(18)17-6-5-13(14,15)16/h3-4H,5-6H2,1-2H3,(H,17,18)(H,19,20). The number of benzene rings is 1. The monoisotopic (exact) mass is 289 g/mol. The van der Waals surface area contributed by atoms with Crippen LogP contribution in [0.25, 0.3) is 0 Å². The van der Waals surface area contributed by atoms with Crippen LogP contribution in [0.3, 0.4) is 0 Å². The zero-order valence-corrected chi connectivity index (χ0v) is 11.0. The van der Waals surface area contributed by atoms with E-state index in [1.54, 1.807) is 12.1 Å². The first-order valence-electron chi connectivity index (χ1n) is 5.82. The van der Waals surface area contributed by atoms with Gasteiger partial charge in [-0.1, -0.05) is 12.1 Å². The maximum Gasteiger partial charge on any atom is 0.390 e. The Morgan fingerprint density at radius 3 is 2.10 bits per heavy atom. The van der Waals surface area contributed by atoms with Gasteiger partial charge in [-0.05, 0) is 25.0 Å². The number of rotatable bonds is 4. The van der Waals surface area contributed by atoms with E-state index in [0.29, 0.717) is 11.1 Å². The van der Waals surface area contributed by atoms with Crippen LogP contribution in [0.15, 0.2) is 12.1 Å². The Balaban J connectivity index is 2.98. The summed E-state index contributed by atoms with van der Waals surface area (Å²) >= 11 is 0. The summed E-state index contributed by atoms with van der Waals surface area (Å²) in [6.07, 6.45) is -5.53. The van der Waals surface area contributed by atoms with Gasteiger partial charge in [0.05, 0.1) is 17.5 Å². The first-order chi connectivity index (χ1) is 9.13. The fourth-order valence-electron chi connectivity index (χ4n) is 1.79. The molecule has 20 heavy (non-hydrogen) atoms. The number of carbonyl (C=O) groups is 2. The third-order valence-electron chi connectivity index (χ3n) is 2.76. The second kappa shape index (κ2) is 5.94. The molecular formula is C13H14F3NO3. The highest BCUT2D eigenvalue weighted by atomic mass is 19.4. The average molecular weight is 289 g/mol. The largest absolute Gasteiger partial charge is 0.478 e. The molecule has 2 N–H and O–H groups in total. The molecule has 0 radical (unpaired) electrons. The number of aryl methyl sites for hydroxylation is 2. The number of carboxylic acids is 1. The van der Waals surface area contributed by atoms with Gasteiger partial charge in [0.15, 0.2) is 0 Å². The molecule has 1 aromatic carbocycles. The molecule has 0 unspecified atom stereocenters. The van der Waals surface area contributed by atoms with E-state index in [4.69, 9.17) is 5.11 Å². The predicted octanol–water partition coefficient (Wildman–Crippen LogP) is 2.68. The molecule has 0 fully saturated rings. The van der Waals surface area contributed by atoms with E-state index in [2.05, 4.69) is 5.32 Å². The molecule has 0 aliphatic heterocycles. The van der Waals surface area contributed by atoms with Gasteiger partial charge in [-0.2, -0.15) is 13.2 Å². The number of alkyl halides is 3. The second-order valence-electron chi connectivity index (χ2n) is 4.38. The Bertz CT molecular complexity index is 538. The Labute approximate surface area is 113 Å². The lowest BCUT2D eigenvalue weighted by Gasteiger charge is -2.13. The Hall–Kier alpha value is -2.05. The molecule has 0 aromatic heterocycles. The average Bonchev–Trinajstić information content (AvgIpc) is 2.29. The molecular weight excluding hydrogens is 275 g/mol. The van der Waals surface area contributed by atoms with Gasteiger partial charge in [0.1, 0.15) is 0 Å². The van der Waals surface area contributed by atoms with E-state index in [1.807, 2.05) is 0 Å². The zero-order valence-electron chi connectivity index (χ0n) is 11.0. The van der Waals surface area contributed by atoms with E-state index < -0.39 is 31.0 Å². The molecule has 7 heteroatoms. The number of hydrogen-bond acceptors (Lipinski definition) is 2. The summed E-state index contributed by atoms with van der Waals surface area (Å²) in [6, 6.07) is 3.10. The second-order valence-corrected chi connectivity index (χ2v) is 4.38. The number of nitrogens with one attached hydrogen (secondary N) is 1. The van der Waals surface area contributed by atoms with Gasteiger partial charge in [0, 0.05) is 6.54 Å². The maximum atomic E-state index is 12.0. The molecule has 1 aromatic rings. The van der Waals surface area contributed by atoms with Crippen LogP contribution in [0.5, 0.6) is 0 Å². The Morgan fingerprint density at radius 2 is 1.65 bits per heavy atom. The van der Waals surface area contributed by atoms with Crippen molar-refractivity contribution in [3.63, 3.8) is 0 Å². The van der Waals surface area contributed by atoms with Gasteiger partial charge in [0.2, 0.25) is 0 Å². The predicted molar refractivity (Wildman–Crippen MR) is 65.9 cm³/mol. The van der Waals surface area contributed by atoms with Crippen molar-refractivity contribution in [2.45, 2.75) is 26.4 Å². The summed E-state index contributed by atoms with van der Waals surface area (Å²) in [6.45, 7) is 2.47.